The van der Waals surface area contributed by atoms with Crippen molar-refractivity contribution in [2.24, 2.45) is 0 Å². The number of esters is 1. The normalized spacial score (nSPS) is 17.9. The zero-order valence-corrected chi connectivity index (χ0v) is 151. The van der Waals surface area contributed by atoms with Gasteiger partial charge in [-0.1, -0.05) is 11.6 Å². The van der Waals surface area contributed by atoms with E-state index in [1.54, 1.807) is 21.2 Å². The van der Waals surface area contributed by atoms with Crippen LogP contribution in [0, 0.1) is 0 Å². The molecule has 0 amide bonds. The van der Waals surface area contributed by atoms with E-state index >= 15 is 0 Å². The maximum atomic E-state index is 12.6. The Morgan fingerprint density at radius 1 is 0.369 bits per heavy atom. The van der Waals surface area contributed by atoms with Gasteiger partial charge in [-0.2, -0.15) is 0 Å². The van der Waals surface area contributed by atoms with Gasteiger partial charge in [-0.15, -0.1) is 0 Å². The molecule has 1 aliphatic carbocycles. The van der Waals surface area contributed by atoms with Crippen molar-refractivity contribution in [1.82, 2.24) is 0 Å². The number of aromatic hydroxyl groups is 3. The first-order valence-electron chi connectivity index (χ1n) is 28.2. The number of allylic oxidation sites excluding steroid dienone is 2. The topological polar surface area (TPSA) is 219 Å². The first kappa shape index (κ1) is 162. The average molecular weight is 3940 g/mol. The molecule has 141 heavy (non-hydrogen) atoms. The van der Waals surface area contributed by atoms with Crippen molar-refractivity contribution in [3.63, 3.8) is 0 Å². The number of ether oxygens (including phenoxy) is 3. The van der Waals surface area contributed by atoms with E-state index in [0.717, 1.165) is 12.7 Å². The summed E-state index contributed by atoms with van der Waals surface area (Å²) in [5, 5.41) is -82.9. The second-order valence-electron chi connectivity index (χ2n) is 22.9. The number of phenols is 3. The van der Waals surface area contributed by atoms with Gasteiger partial charge in [-0.25, -0.2) is 19.4 Å². The molecule has 12 nitrogen and oxygen atoms in total. The summed E-state index contributed by atoms with van der Waals surface area (Å²) in [5.74, 6) is -3.57. The molecule has 115 heteroatoms. The van der Waals surface area contributed by atoms with Gasteiger partial charge in [0.15, 0.2) is 23.0 Å². The maximum absolute atomic E-state index is 12.6. The Morgan fingerprint density at radius 2 is 0.603 bits per heavy atom. The van der Waals surface area contributed by atoms with Gasteiger partial charge in [0.25, 0.3) is 5.79 Å². The molecule has 8 N–H and O–H groups in total. The first-order chi connectivity index (χ1) is 59.7. The molecule has 3 heterocycles. The maximum Gasteiger partial charge on any atom is 1.00 e. The Hall–Kier alpha value is 24.9. The van der Waals surface area contributed by atoms with Crippen LogP contribution >= 0.6 is 31.0 Å². The van der Waals surface area contributed by atoms with Crippen LogP contribution in [0.15, 0.2) is 33.0 Å². The summed E-state index contributed by atoms with van der Waals surface area (Å²) in [4.78, 5) is 24.4. The third kappa shape index (κ3) is 25.9. The smallest absolute Gasteiger partial charge is 0.706 e. The summed E-state index contributed by atoms with van der Waals surface area (Å²) < 4.78 is 18.9. The summed E-state index contributed by atoms with van der Waals surface area (Å²) >= 11 is 409. The number of phenolic OH excluding ortho intramolecular Hbond substituents is 3. The fourth-order valence-electron chi connectivity index (χ4n) is 8.55. The van der Waals surface area contributed by atoms with Gasteiger partial charge in [-0.3, -0.25) is 0 Å². The monoisotopic (exact) mass is 3930 g/mol. The third-order valence-electron chi connectivity index (χ3n) is 15.2. The zero-order chi connectivity index (χ0) is 111. The zero-order valence-electron chi connectivity index (χ0n) is 63.0. The van der Waals surface area contributed by atoms with Crippen molar-refractivity contribution in [1.29, 1.82) is 0 Å². The molecule has 0 fully saturated rings. The number of carbonyl (C=O) groups excluding carboxylic acids is 1. The van der Waals surface area contributed by atoms with Crippen molar-refractivity contribution in [2.45, 2.75) is 44.5 Å². The first-order valence-corrected chi connectivity index (χ1v) is 164. The second-order valence-corrected chi connectivity index (χ2v) is 381. The van der Waals surface area contributed by atoms with E-state index in [1.165, 1.54) is 12.1 Å². The summed E-state index contributed by atoms with van der Waals surface area (Å²) in [7, 11) is 1.73. The number of carbonyl (C=O) groups is 1. The molecule has 0 bridgehead atoms. The molecule has 2 aromatic carbocycles. The molecule has 0 saturated carbocycles. The van der Waals surface area contributed by atoms with E-state index in [4.69, 9.17) is 764 Å². The summed E-state index contributed by atoms with van der Waals surface area (Å²) in [6.07, 6.45) is 1.60. The Balaban J connectivity index is 0.00000141. The number of rotatable bonds is 34. The van der Waals surface area contributed by atoms with Gasteiger partial charge in [0.1, 0.15) is 11.1 Å². The summed E-state index contributed by atoms with van der Waals surface area (Å²) in [5.41, 5.74) is 1.77. The second kappa shape index (κ2) is 53.1. The van der Waals surface area contributed by atoms with Gasteiger partial charge < -0.3 is 61.7 Å². The van der Waals surface area contributed by atoms with E-state index < -0.39 is 199 Å². The number of benzene rings is 2. The van der Waals surface area contributed by atoms with Crippen molar-refractivity contribution in [2.75, 3.05) is 7.11 Å². The van der Waals surface area contributed by atoms with Crippen LogP contribution < -0.4 is 66.5 Å². The number of hydrogen-bond donors (Lipinski definition) is 4. The molecule has 3 aromatic rings. The fourth-order valence-corrected chi connectivity index (χ4v) is 791. The van der Waals surface area contributed by atoms with Crippen molar-refractivity contribution in [3.05, 3.63) is 62.2 Å². The van der Waals surface area contributed by atoms with Crippen LogP contribution in [0.5, 0.6) is 28.7 Å². The van der Waals surface area contributed by atoms with E-state index in [0.29, 0.717) is 39.4 Å². The van der Waals surface area contributed by atoms with Gasteiger partial charge in [0, 0.05) is 214 Å². The van der Waals surface area contributed by atoms with Gasteiger partial charge in [0.2, 0.25) is 5.76 Å². The van der Waals surface area contributed by atoms with Crippen LogP contribution in [0.4, 0.5) is 0 Å². The number of methoxy groups -OCH3 is 1. The minimum atomic E-state index is -4.22. The minimum absolute atomic E-state index is 0. The summed E-state index contributed by atoms with van der Waals surface area (Å²) in [6, 6.07) is 2.66. The van der Waals surface area contributed by atoms with Crippen LogP contribution in [0.1, 0.15) is 52.3 Å². The number of aliphatic hydroxyl groups excluding tert-OH is 1. The molecule has 0 radical (unpaired) electrons. The van der Waals surface area contributed by atoms with Crippen LogP contribution in [0.25, 0.3) is 10.8 Å². The van der Waals surface area contributed by atoms with Crippen LogP contribution in [-0.2, 0) is 944 Å². The molecule has 1 aromatic heterocycles. The van der Waals surface area contributed by atoms with Crippen molar-refractivity contribution < 1.29 is 106 Å². The largest absolute Gasteiger partial charge is 1.00 e. The standard InChI is InChI=1S/C26H22O10.HIS101.K.2H2O/c1-10-3-4-12-13(5-10)20(29)23-15(19(12)28)8-26(36-23)9-16(27)14-6-11-7-17(24(31)33-2)34-25(32)18(11)21(30)22(14)35-26;1-70(3,4)72(7,8)74(11,12)76(15,16)78(19,20)80(23,24)82(27,28)84(31,32)86(35,36)88(39,40)90(43,44)92(47,48)94(51,52)96(55,56)98(59,60)100(63,64)102(67,68)101(65,66)99(61,62)97(57,58)95(53,54)93(49,50)91(45,46)89(41,42)87(37,38)85(33,34)83(29,30)81(25,26)79(21,22)77(17,18)75(13,14)73(9,10)71(5,6)69-2;;;/h3,6-7,16,27-30H,4-5,8-9H2,1-2H3;2H;;2*1H2/q;;+1;;/p-1. The van der Waals surface area contributed by atoms with Crippen LogP contribution in [-0.4, -0.2) is 50.2 Å². The number of hydrogen-bond acceptors (Lipinski definition) is 78. The number of fused-ring (bicyclic) bond motifs is 4. The summed E-state index contributed by atoms with van der Waals surface area (Å²) in [6.45, 7) is 1.93. The van der Waals surface area contributed by atoms with Crippen LogP contribution in [0.2, 0.25) is 0 Å². The SMILES string of the molecule is COC(=O)c1cc2cc3c(c(O)c2c(=O)o1)OC1(Cc2c(O)c4c(c(O)c2O1)CC(C)=CC4)CC3O.O.O.S=S(=S)(I)S(=S)(=S)S(=S)(=S)S(=S)(=S)S(=S)(=S)S(=S)(=S)S(=S)(=S)S(=S)(=S)S(=S)(=S)S(=S)(=S)S(=S)(=S)S(=S)(=S)S(=S)(=S)S(=S)(=S)S(=S)(=S)S(=S)(=S)S(=S)(=S)S(=S)(=S)S(=S)(=S)S(=S)(=S)S(=S)(=S)S(=S)(=S)S(=S)(=S)S(=S)(=S)S(=S)(=S)S(=S)(=S)S(=S)(=S)S(=S)(=S)S(=S)(=S)S(=S)(=S)S(=S)(=S)S(=S)(=S)S(=S)(=S)S[S-].[K+]. The molecular weight excluding hydrogens is 3910 g/mol. The quantitative estimate of drug-likeness (QED) is 0.00869. The molecule has 3 aliphatic rings. The minimum Gasteiger partial charge on any atom is -0.706 e. The molecule has 1 spiro atoms. The third-order valence-corrected chi connectivity index (χ3v) is 669. The van der Waals surface area contributed by atoms with E-state index in [2.05, 4.69) is 4.74 Å². The van der Waals surface area contributed by atoms with E-state index in [1.807, 2.05) is 13.0 Å². The van der Waals surface area contributed by atoms with E-state index in [-0.39, 0.29) is 120 Å². The molecule has 816 valence electrons. The predicted octanol–water partition coefficient (Wildman–Crippen LogP) is -0.463. The predicted molar refractivity (Wildman–Crippen MR) is 889 cm³/mol. The average Bonchev–Trinajstić information content (AvgIpc) is 0.687. The Kier molecular flexibility index (Phi) is 60.9. The van der Waals surface area contributed by atoms with Gasteiger partial charge in [-0.05, 0) is 776 Å². The van der Waals surface area contributed by atoms with Crippen molar-refractivity contribution in [3.8, 4) is 28.7 Å². The van der Waals surface area contributed by atoms with Gasteiger partial charge >= 0.3 is 63.0 Å². The van der Waals surface area contributed by atoms with Crippen molar-refractivity contribution >= 4 is 968 Å². The fraction of sp³-hybridized carbons (Fsp3) is 0.308. The molecule has 2 unspecified atom stereocenters. The van der Waals surface area contributed by atoms with Gasteiger partial charge in [0.05, 0.1) is 26.1 Å². The number of halogens is 1. The molecule has 2 atom stereocenters. The van der Waals surface area contributed by atoms with Crippen LogP contribution in [0.3, 0.4) is 0 Å². The Morgan fingerprint density at radius 3 is 0.837 bits per heavy atom. The molecule has 2 aliphatic heterocycles. The molecule has 0 saturated heterocycles. The Bertz CT molecular complexity index is 10600. The molecule has 6 rings (SSSR count). The van der Waals surface area contributed by atoms with E-state index in [9.17, 15) is 30.0 Å². The molecular formula is C26H26IKO12S101. The number of aliphatic hydroxyl groups is 1. The Labute approximate surface area is 1180 Å².